The fourth-order valence-electron chi connectivity index (χ4n) is 2.82. The summed E-state index contributed by atoms with van der Waals surface area (Å²) in [6.07, 6.45) is 1.39. The van der Waals surface area contributed by atoms with Crippen LogP contribution in [0.3, 0.4) is 0 Å². The van der Waals surface area contributed by atoms with E-state index in [1.165, 1.54) is 12.3 Å². The Morgan fingerprint density at radius 1 is 0.962 bits per heavy atom. The maximum atomic E-state index is 13.0. The first-order chi connectivity index (χ1) is 12.7. The fourth-order valence-corrected chi connectivity index (χ4v) is 2.82. The molecule has 0 radical (unpaired) electrons. The Morgan fingerprint density at radius 3 is 2.42 bits per heavy atom. The van der Waals surface area contributed by atoms with Crippen molar-refractivity contribution in [3.63, 3.8) is 0 Å². The Labute approximate surface area is 148 Å². The first-order valence-electron chi connectivity index (χ1n) is 7.97. The van der Waals surface area contributed by atoms with Crippen molar-refractivity contribution in [3.05, 3.63) is 88.5 Å². The van der Waals surface area contributed by atoms with Gasteiger partial charge in [-0.1, -0.05) is 12.1 Å². The van der Waals surface area contributed by atoms with Gasteiger partial charge in [-0.3, -0.25) is 9.59 Å². The Morgan fingerprint density at radius 2 is 1.73 bits per heavy atom. The molecule has 2 heterocycles. The first kappa shape index (κ1) is 15.9. The quantitative estimate of drug-likeness (QED) is 0.516. The summed E-state index contributed by atoms with van der Waals surface area (Å²) in [5.41, 5.74) is 0.575. The van der Waals surface area contributed by atoms with Crippen LogP contribution in [-0.4, -0.2) is 12.9 Å². The topological polar surface area (TPSA) is 69.7 Å². The average Bonchev–Trinajstić information content (AvgIpc) is 3.22. The zero-order valence-corrected chi connectivity index (χ0v) is 13.9. The minimum absolute atomic E-state index is 0.0520. The second-order valence-electron chi connectivity index (χ2n) is 5.67. The molecule has 2 aromatic heterocycles. The average molecular weight is 346 g/mol. The van der Waals surface area contributed by atoms with Gasteiger partial charge in [0.1, 0.15) is 22.7 Å². The highest BCUT2D eigenvalue weighted by atomic mass is 16.5. The first-order valence-corrected chi connectivity index (χ1v) is 7.97. The Bertz CT molecular complexity index is 1140. The Hall–Kier alpha value is -3.60. The van der Waals surface area contributed by atoms with E-state index in [9.17, 15) is 9.59 Å². The SMILES string of the molecule is COc1ccc(-c2oc3ccccc3c(=O)c2C(=O)c2ccco2)cc1. The molecule has 26 heavy (non-hydrogen) atoms. The molecule has 0 aliphatic rings. The molecule has 4 rings (SSSR count). The summed E-state index contributed by atoms with van der Waals surface area (Å²) in [5, 5.41) is 0.347. The molecule has 5 nitrogen and oxygen atoms in total. The van der Waals surface area contributed by atoms with Crippen molar-refractivity contribution < 1.29 is 18.4 Å². The van der Waals surface area contributed by atoms with Crippen LogP contribution in [0, 0.1) is 0 Å². The minimum Gasteiger partial charge on any atom is -0.497 e. The summed E-state index contributed by atoms with van der Waals surface area (Å²) in [6.45, 7) is 0. The van der Waals surface area contributed by atoms with E-state index in [2.05, 4.69) is 0 Å². The number of furan rings is 1. The van der Waals surface area contributed by atoms with Crippen molar-refractivity contribution in [2.45, 2.75) is 0 Å². The van der Waals surface area contributed by atoms with E-state index >= 15 is 0 Å². The summed E-state index contributed by atoms with van der Waals surface area (Å²) < 4.78 is 16.3. The van der Waals surface area contributed by atoms with Crippen LogP contribution in [0.2, 0.25) is 0 Å². The summed E-state index contributed by atoms with van der Waals surface area (Å²) in [5.74, 6) is 0.441. The van der Waals surface area contributed by atoms with E-state index in [4.69, 9.17) is 13.6 Å². The van der Waals surface area contributed by atoms with Crippen LogP contribution in [0.5, 0.6) is 5.75 Å². The van der Waals surface area contributed by atoms with Crippen molar-refractivity contribution in [1.29, 1.82) is 0 Å². The molecule has 0 saturated carbocycles. The molecule has 0 aliphatic carbocycles. The number of carbonyl (C=O) groups excluding carboxylic acids is 1. The van der Waals surface area contributed by atoms with E-state index < -0.39 is 5.78 Å². The Balaban J connectivity index is 2.02. The van der Waals surface area contributed by atoms with Gasteiger partial charge in [0.05, 0.1) is 18.8 Å². The molecule has 0 fully saturated rings. The molecule has 2 aromatic carbocycles. The van der Waals surface area contributed by atoms with Crippen molar-refractivity contribution >= 4 is 16.8 Å². The predicted molar refractivity (Wildman–Crippen MR) is 96.6 cm³/mol. The lowest BCUT2D eigenvalue weighted by Gasteiger charge is -2.09. The molecule has 0 spiro atoms. The number of carbonyl (C=O) groups is 1. The van der Waals surface area contributed by atoms with Crippen molar-refractivity contribution in [2.24, 2.45) is 0 Å². The minimum atomic E-state index is -0.514. The molecular formula is C21H14O5. The number of methoxy groups -OCH3 is 1. The highest BCUT2D eigenvalue weighted by molar-refractivity contribution is 6.11. The van der Waals surface area contributed by atoms with Gasteiger partial charge in [0, 0.05) is 5.56 Å². The lowest BCUT2D eigenvalue weighted by Crippen LogP contribution is -2.17. The largest absolute Gasteiger partial charge is 0.497 e. The van der Waals surface area contributed by atoms with Gasteiger partial charge in [-0.2, -0.15) is 0 Å². The molecule has 0 saturated heterocycles. The molecular weight excluding hydrogens is 332 g/mol. The highest BCUT2D eigenvalue weighted by Crippen LogP contribution is 2.29. The summed E-state index contributed by atoms with van der Waals surface area (Å²) in [6, 6.07) is 16.9. The van der Waals surface area contributed by atoms with Gasteiger partial charge in [-0.25, -0.2) is 0 Å². The van der Waals surface area contributed by atoms with Crippen molar-refractivity contribution in [1.82, 2.24) is 0 Å². The van der Waals surface area contributed by atoms with Gasteiger partial charge in [0.2, 0.25) is 11.2 Å². The molecule has 128 valence electrons. The number of para-hydroxylation sites is 1. The van der Waals surface area contributed by atoms with Crippen LogP contribution in [0.4, 0.5) is 0 Å². The smallest absolute Gasteiger partial charge is 0.235 e. The lowest BCUT2D eigenvalue weighted by molar-refractivity contribution is 0.101. The van der Waals surface area contributed by atoms with E-state index in [0.717, 1.165) is 0 Å². The van der Waals surface area contributed by atoms with Gasteiger partial charge in [-0.05, 0) is 48.5 Å². The second kappa shape index (κ2) is 6.37. The van der Waals surface area contributed by atoms with Crippen LogP contribution in [0.1, 0.15) is 16.1 Å². The molecule has 0 N–H and O–H groups in total. The molecule has 0 unspecified atom stereocenters. The predicted octanol–water partition coefficient (Wildman–Crippen LogP) is 4.29. The third-order valence-corrected chi connectivity index (χ3v) is 4.12. The number of ether oxygens (including phenoxy) is 1. The van der Waals surface area contributed by atoms with Crippen LogP contribution in [0.15, 0.2) is 80.6 Å². The van der Waals surface area contributed by atoms with E-state index in [1.54, 1.807) is 61.7 Å². The standard InChI is InChI=1S/C21H14O5/c1-24-14-10-8-13(9-11-14)21-18(20(23)17-7-4-12-25-17)19(22)15-5-2-3-6-16(15)26-21/h2-12H,1H3. The molecule has 0 aliphatic heterocycles. The number of rotatable bonds is 4. The van der Waals surface area contributed by atoms with Crippen LogP contribution >= 0.6 is 0 Å². The summed E-state index contributed by atoms with van der Waals surface area (Å²) in [7, 11) is 1.57. The van der Waals surface area contributed by atoms with E-state index in [-0.39, 0.29) is 22.5 Å². The van der Waals surface area contributed by atoms with Crippen LogP contribution in [0.25, 0.3) is 22.3 Å². The maximum Gasteiger partial charge on any atom is 0.235 e. The number of benzene rings is 2. The molecule has 0 atom stereocenters. The van der Waals surface area contributed by atoms with Gasteiger partial charge in [0.25, 0.3) is 0 Å². The van der Waals surface area contributed by atoms with Gasteiger partial charge < -0.3 is 13.6 Å². The third-order valence-electron chi connectivity index (χ3n) is 4.12. The highest BCUT2D eigenvalue weighted by Gasteiger charge is 2.25. The number of hydrogen-bond donors (Lipinski definition) is 0. The van der Waals surface area contributed by atoms with Crippen molar-refractivity contribution in [2.75, 3.05) is 7.11 Å². The number of hydrogen-bond acceptors (Lipinski definition) is 5. The van der Waals surface area contributed by atoms with Crippen LogP contribution < -0.4 is 10.2 Å². The summed E-state index contributed by atoms with van der Waals surface area (Å²) in [4.78, 5) is 25.9. The maximum absolute atomic E-state index is 13.0. The van der Waals surface area contributed by atoms with E-state index in [0.29, 0.717) is 22.3 Å². The fraction of sp³-hybridized carbons (Fsp3) is 0.0476. The second-order valence-corrected chi connectivity index (χ2v) is 5.67. The zero-order valence-electron chi connectivity index (χ0n) is 13.9. The Kier molecular flexibility index (Phi) is 3.89. The molecule has 4 aromatic rings. The monoisotopic (exact) mass is 346 g/mol. The number of ketones is 1. The molecule has 0 amide bonds. The summed E-state index contributed by atoms with van der Waals surface area (Å²) >= 11 is 0. The molecule has 5 heteroatoms. The normalized spacial score (nSPS) is 10.8. The lowest BCUT2D eigenvalue weighted by atomic mass is 10.00. The van der Waals surface area contributed by atoms with Crippen molar-refractivity contribution in [3.8, 4) is 17.1 Å². The van der Waals surface area contributed by atoms with Gasteiger partial charge in [-0.15, -0.1) is 0 Å². The van der Waals surface area contributed by atoms with Gasteiger partial charge >= 0.3 is 0 Å². The third kappa shape index (κ3) is 2.59. The van der Waals surface area contributed by atoms with E-state index in [1.807, 2.05) is 0 Å². The van der Waals surface area contributed by atoms with Crippen LogP contribution in [-0.2, 0) is 0 Å². The zero-order chi connectivity index (χ0) is 18.1. The van der Waals surface area contributed by atoms with Gasteiger partial charge in [0.15, 0.2) is 5.76 Å². The number of fused-ring (bicyclic) bond motifs is 1. The molecule has 0 bridgehead atoms.